The van der Waals surface area contributed by atoms with Crippen LogP contribution in [-0.2, 0) is 19.9 Å². The van der Waals surface area contributed by atoms with Gasteiger partial charge < -0.3 is 19.5 Å². The Morgan fingerprint density at radius 3 is 2.38 bits per heavy atom. The van der Waals surface area contributed by atoms with Gasteiger partial charge in [-0.05, 0) is 60.3 Å². The van der Waals surface area contributed by atoms with Crippen molar-refractivity contribution in [3.63, 3.8) is 0 Å². The topological polar surface area (TPSA) is 76.1 Å². The molecule has 0 radical (unpaired) electrons. The first-order valence-electron chi connectivity index (χ1n) is 9.31. The standard InChI is InChI=1S/C20H24BrNO5S2/c1-19(2,3)27-18(24)22-10-8-13(9-11-22)26-17(23)20(25,14-5-4-12-28-14)15-6-7-16(21)29-15/h4-7,12-13,25H,8-11H2,1-3H3/t20-/m1/s1. The Morgan fingerprint density at radius 1 is 1.17 bits per heavy atom. The van der Waals surface area contributed by atoms with Gasteiger partial charge in [-0.1, -0.05) is 6.07 Å². The summed E-state index contributed by atoms with van der Waals surface area (Å²) in [5, 5.41) is 13.2. The van der Waals surface area contributed by atoms with Crippen LogP contribution in [0.1, 0.15) is 43.4 Å². The van der Waals surface area contributed by atoms with E-state index in [4.69, 9.17) is 9.47 Å². The molecule has 29 heavy (non-hydrogen) atoms. The number of piperidine rings is 1. The van der Waals surface area contributed by atoms with Gasteiger partial charge in [0.2, 0.25) is 5.60 Å². The van der Waals surface area contributed by atoms with E-state index in [1.165, 1.54) is 22.7 Å². The first-order chi connectivity index (χ1) is 13.6. The Kier molecular flexibility index (Phi) is 6.72. The summed E-state index contributed by atoms with van der Waals surface area (Å²) in [6, 6.07) is 7.04. The van der Waals surface area contributed by atoms with E-state index < -0.39 is 17.2 Å². The highest BCUT2D eigenvalue weighted by molar-refractivity contribution is 9.11. The highest BCUT2D eigenvalue weighted by Gasteiger charge is 2.45. The Hall–Kier alpha value is -1.42. The highest BCUT2D eigenvalue weighted by atomic mass is 79.9. The maximum atomic E-state index is 13.1. The van der Waals surface area contributed by atoms with Crippen LogP contribution in [0.25, 0.3) is 0 Å². The summed E-state index contributed by atoms with van der Waals surface area (Å²) in [6.45, 7) is 6.36. The van der Waals surface area contributed by atoms with Crippen molar-refractivity contribution in [3.05, 3.63) is 43.2 Å². The molecule has 2 aromatic rings. The largest absolute Gasteiger partial charge is 0.460 e. The number of carbonyl (C=O) groups is 2. The second-order valence-corrected chi connectivity index (χ2v) is 11.3. The summed E-state index contributed by atoms with van der Waals surface area (Å²) in [6.07, 6.45) is 0.274. The number of thiophene rings is 2. The van der Waals surface area contributed by atoms with Gasteiger partial charge in [0.25, 0.3) is 0 Å². The van der Waals surface area contributed by atoms with E-state index >= 15 is 0 Å². The van der Waals surface area contributed by atoms with E-state index in [1.807, 2.05) is 26.2 Å². The summed E-state index contributed by atoms with van der Waals surface area (Å²) in [5.41, 5.74) is -2.39. The lowest BCUT2D eigenvalue weighted by Crippen LogP contribution is -2.45. The van der Waals surface area contributed by atoms with Crippen molar-refractivity contribution in [1.29, 1.82) is 0 Å². The number of aliphatic hydroxyl groups is 1. The SMILES string of the molecule is CC(C)(C)OC(=O)N1CCC(OC(=O)[C@@](O)(c2cccs2)c2ccc(Br)s2)CC1. The molecule has 0 bridgehead atoms. The zero-order valence-electron chi connectivity index (χ0n) is 16.5. The number of halogens is 1. The molecule has 1 atom stereocenters. The molecule has 1 amide bonds. The van der Waals surface area contributed by atoms with Crippen molar-refractivity contribution in [2.45, 2.75) is 50.9 Å². The molecule has 2 aromatic heterocycles. The zero-order chi connectivity index (χ0) is 21.2. The van der Waals surface area contributed by atoms with Crippen LogP contribution in [-0.4, -0.2) is 46.9 Å². The maximum absolute atomic E-state index is 13.1. The number of hydrogen-bond donors (Lipinski definition) is 1. The van der Waals surface area contributed by atoms with Gasteiger partial charge in [-0.15, -0.1) is 22.7 Å². The molecule has 1 aliphatic heterocycles. The summed E-state index contributed by atoms with van der Waals surface area (Å²) in [7, 11) is 0. The molecule has 1 fully saturated rings. The van der Waals surface area contributed by atoms with Crippen molar-refractivity contribution < 1.29 is 24.2 Å². The second kappa shape index (κ2) is 8.75. The minimum absolute atomic E-state index is 0.360. The molecule has 0 saturated carbocycles. The first-order valence-corrected chi connectivity index (χ1v) is 11.8. The van der Waals surface area contributed by atoms with Crippen LogP contribution in [0.4, 0.5) is 4.79 Å². The number of carbonyl (C=O) groups excluding carboxylic acids is 2. The smallest absolute Gasteiger partial charge is 0.410 e. The van der Waals surface area contributed by atoms with Gasteiger partial charge in [0.05, 0.1) is 13.5 Å². The third kappa shape index (κ3) is 5.20. The zero-order valence-corrected chi connectivity index (χ0v) is 19.7. The quantitative estimate of drug-likeness (QED) is 0.611. The van der Waals surface area contributed by atoms with Crippen LogP contribution in [0.15, 0.2) is 33.4 Å². The average Bonchev–Trinajstić information content (AvgIpc) is 3.32. The molecule has 9 heteroatoms. The van der Waals surface area contributed by atoms with Gasteiger partial charge in [-0.3, -0.25) is 0 Å². The van der Waals surface area contributed by atoms with Crippen LogP contribution < -0.4 is 0 Å². The van der Waals surface area contributed by atoms with Gasteiger partial charge in [0, 0.05) is 25.9 Å². The van der Waals surface area contributed by atoms with Crippen LogP contribution in [0.3, 0.4) is 0 Å². The van der Waals surface area contributed by atoms with Gasteiger partial charge in [-0.25, -0.2) is 9.59 Å². The van der Waals surface area contributed by atoms with Crippen molar-refractivity contribution in [2.24, 2.45) is 0 Å². The number of nitrogens with zero attached hydrogens (tertiary/aromatic N) is 1. The number of likely N-dealkylation sites (tertiary alicyclic amines) is 1. The highest BCUT2D eigenvalue weighted by Crippen LogP contribution is 2.40. The fourth-order valence-electron chi connectivity index (χ4n) is 3.04. The second-order valence-electron chi connectivity index (χ2n) is 7.86. The molecule has 0 unspecified atom stereocenters. The predicted octanol–water partition coefficient (Wildman–Crippen LogP) is 4.75. The molecular formula is C20H24BrNO5S2. The number of esters is 1. The molecule has 1 saturated heterocycles. The van der Waals surface area contributed by atoms with E-state index in [9.17, 15) is 14.7 Å². The molecule has 3 heterocycles. The fourth-order valence-corrected chi connectivity index (χ4v) is 5.40. The number of amides is 1. The summed E-state index contributed by atoms with van der Waals surface area (Å²) in [5.74, 6) is -0.690. The van der Waals surface area contributed by atoms with Gasteiger partial charge in [-0.2, -0.15) is 0 Å². The Bertz CT molecular complexity index is 853. The Labute approximate surface area is 186 Å². The minimum Gasteiger partial charge on any atom is -0.460 e. The molecule has 0 spiro atoms. The Balaban J connectivity index is 1.67. The number of rotatable bonds is 4. The van der Waals surface area contributed by atoms with Gasteiger partial charge in [0.15, 0.2) is 0 Å². The predicted molar refractivity (Wildman–Crippen MR) is 116 cm³/mol. The molecule has 158 valence electrons. The molecule has 1 N–H and O–H groups in total. The van der Waals surface area contributed by atoms with Gasteiger partial charge >= 0.3 is 12.1 Å². The van der Waals surface area contributed by atoms with E-state index in [0.717, 1.165) is 3.79 Å². The molecule has 6 nitrogen and oxygen atoms in total. The van der Waals surface area contributed by atoms with Crippen molar-refractivity contribution in [2.75, 3.05) is 13.1 Å². The molecule has 1 aliphatic rings. The molecule has 0 aromatic carbocycles. The van der Waals surface area contributed by atoms with E-state index in [-0.39, 0.29) is 12.2 Å². The van der Waals surface area contributed by atoms with E-state index in [0.29, 0.717) is 35.7 Å². The van der Waals surface area contributed by atoms with Gasteiger partial charge in [0.1, 0.15) is 11.7 Å². The van der Waals surface area contributed by atoms with Crippen LogP contribution in [0.5, 0.6) is 0 Å². The molecule has 3 rings (SSSR count). The van der Waals surface area contributed by atoms with Crippen LogP contribution in [0.2, 0.25) is 0 Å². The third-order valence-electron chi connectivity index (χ3n) is 4.47. The number of hydrogen-bond acceptors (Lipinski definition) is 7. The third-order valence-corrected chi connectivity index (χ3v) is 7.18. The number of ether oxygens (including phenoxy) is 2. The minimum atomic E-state index is -1.84. The lowest BCUT2D eigenvalue weighted by atomic mass is 9.99. The van der Waals surface area contributed by atoms with Crippen molar-refractivity contribution in [1.82, 2.24) is 4.90 Å². The maximum Gasteiger partial charge on any atom is 0.410 e. The van der Waals surface area contributed by atoms with E-state index in [1.54, 1.807) is 29.2 Å². The Morgan fingerprint density at radius 2 is 1.86 bits per heavy atom. The fraction of sp³-hybridized carbons (Fsp3) is 0.500. The summed E-state index contributed by atoms with van der Waals surface area (Å²) >= 11 is 5.99. The summed E-state index contributed by atoms with van der Waals surface area (Å²) in [4.78, 5) is 27.9. The van der Waals surface area contributed by atoms with E-state index in [2.05, 4.69) is 15.9 Å². The normalized spacial score (nSPS) is 17.6. The van der Waals surface area contributed by atoms with Crippen LogP contribution in [0, 0.1) is 0 Å². The molecule has 0 aliphatic carbocycles. The van der Waals surface area contributed by atoms with Crippen molar-refractivity contribution >= 4 is 50.7 Å². The molecular weight excluding hydrogens is 478 g/mol. The lowest BCUT2D eigenvalue weighted by molar-refractivity contribution is -0.169. The lowest BCUT2D eigenvalue weighted by Gasteiger charge is -2.34. The average molecular weight is 502 g/mol. The monoisotopic (exact) mass is 501 g/mol. The van der Waals surface area contributed by atoms with Crippen molar-refractivity contribution in [3.8, 4) is 0 Å². The van der Waals surface area contributed by atoms with Crippen LogP contribution >= 0.6 is 38.6 Å². The summed E-state index contributed by atoms with van der Waals surface area (Å²) < 4.78 is 11.9. The first kappa shape index (κ1) is 22.3.